The molecule has 0 saturated carbocycles. The lowest BCUT2D eigenvalue weighted by Crippen LogP contribution is -2.50. The number of benzene rings is 2. The second kappa shape index (κ2) is 11.2. The number of methoxy groups -OCH3 is 2. The lowest BCUT2D eigenvalue weighted by Gasteiger charge is -2.29. The van der Waals surface area contributed by atoms with Crippen molar-refractivity contribution >= 4 is 11.8 Å². The number of rotatable bonds is 10. The predicted molar refractivity (Wildman–Crippen MR) is 120 cm³/mol. The maximum absolute atomic E-state index is 13.1. The molecule has 0 radical (unpaired) electrons. The van der Waals surface area contributed by atoms with Crippen molar-refractivity contribution in [1.82, 2.24) is 10.2 Å². The highest BCUT2D eigenvalue weighted by atomic mass is 16.5. The number of ether oxygens (including phenoxy) is 3. The molecular formula is C24H32N2O5. The summed E-state index contributed by atoms with van der Waals surface area (Å²) in [5, 5.41) is 2.87. The van der Waals surface area contributed by atoms with Crippen LogP contribution >= 0.6 is 0 Å². The molecule has 2 aromatic rings. The van der Waals surface area contributed by atoms with E-state index in [-0.39, 0.29) is 24.5 Å². The van der Waals surface area contributed by atoms with Crippen LogP contribution in [-0.2, 0) is 16.1 Å². The Morgan fingerprint density at radius 2 is 1.58 bits per heavy atom. The van der Waals surface area contributed by atoms with Gasteiger partial charge in [-0.05, 0) is 33.3 Å². The number of hydrogen-bond acceptors (Lipinski definition) is 5. The standard InChI is InChI=1S/C24H32N2O5/c1-16(2)25-24(28)18(4)26(14-19-9-7-8-17(3)10-19)23(27)15-31-22-12-20(29-5)11-21(13-22)30-6/h7-13,16,18H,14-15H2,1-6H3,(H,25,28)/t18-/m0/s1. The van der Waals surface area contributed by atoms with Gasteiger partial charge in [0.25, 0.3) is 5.91 Å². The van der Waals surface area contributed by atoms with Gasteiger partial charge in [-0.3, -0.25) is 9.59 Å². The second-order valence-electron chi connectivity index (χ2n) is 7.69. The van der Waals surface area contributed by atoms with Gasteiger partial charge in [-0.2, -0.15) is 0 Å². The summed E-state index contributed by atoms with van der Waals surface area (Å²) in [5.74, 6) is 1.05. The fourth-order valence-electron chi connectivity index (χ4n) is 3.09. The van der Waals surface area contributed by atoms with Crippen molar-refractivity contribution in [2.45, 2.75) is 46.3 Å². The normalized spacial score (nSPS) is 11.6. The van der Waals surface area contributed by atoms with Crippen molar-refractivity contribution in [2.24, 2.45) is 0 Å². The lowest BCUT2D eigenvalue weighted by atomic mass is 10.1. The Balaban J connectivity index is 2.19. The Kier molecular flexibility index (Phi) is 8.73. The molecule has 0 aliphatic rings. The van der Waals surface area contributed by atoms with Crippen molar-refractivity contribution < 1.29 is 23.8 Å². The number of carbonyl (C=O) groups is 2. The zero-order valence-corrected chi connectivity index (χ0v) is 19.1. The van der Waals surface area contributed by atoms with E-state index in [1.807, 2.05) is 45.0 Å². The first-order valence-corrected chi connectivity index (χ1v) is 10.2. The first-order valence-electron chi connectivity index (χ1n) is 10.2. The number of hydrogen-bond donors (Lipinski definition) is 1. The fraction of sp³-hybridized carbons (Fsp3) is 0.417. The average molecular weight is 429 g/mol. The smallest absolute Gasteiger partial charge is 0.261 e. The third-order valence-corrected chi connectivity index (χ3v) is 4.72. The molecular weight excluding hydrogens is 396 g/mol. The van der Waals surface area contributed by atoms with Crippen LogP contribution in [0.5, 0.6) is 17.2 Å². The maximum atomic E-state index is 13.1. The third-order valence-electron chi connectivity index (χ3n) is 4.72. The highest BCUT2D eigenvalue weighted by Crippen LogP contribution is 2.27. The Bertz CT molecular complexity index is 875. The zero-order valence-electron chi connectivity index (χ0n) is 19.1. The summed E-state index contributed by atoms with van der Waals surface area (Å²) in [6.45, 7) is 7.57. The van der Waals surface area contributed by atoms with E-state index >= 15 is 0 Å². The van der Waals surface area contributed by atoms with E-state index in [1.165, 1.54) is 4.90 Å². The molecule has 0 spiro atoms. The predicted octanol–water partition coefficient (Wildman–Crippen LogP) is 3.33. The van der Waals surface area contributed by atoms with Crippen LogP contribution in [-0.4, -0.2) is 49.6 Å². The van der Waals surface area contributed by atoms with Gasteiger partial charge in [-0.1, -0.05) is 29.8 Å². The molecule has 2 amide bonds. The van der Waals surface area contributed by atoms with Gasteiger partial charge < -0.3 is 24.4 Å². The van der Waals surface area contributed by atoms with Crippen molar-refractivity contribution in [3.63, 3.8) is 0 Å². The van der Waals surface area contributed by atoms with Gasteiger partial charge in [-0.25, -0.2) is 0 Å². The minimum Gasteiger partial charge on any atom is -0.496 e. The second-order valence-corrected chi connectivity index (χ2v) is 7.69. The van der Waals surface area contributed by atoms with E-state index < -0.39 is 6.04 Å². The highest BCUT2D eigenvalue weighted by molar-refractivity contribution is 5.88. The highest BCUT2D eigenvalue weighted by Gasteiger charge is 2.27. The van der Waals surface area contributed by atoms with Crippen molar-refractivity contribution in [1.29, 1.82) is 0 Å². The van der Waals surface area contributed by atoms with Crippen LogP contribution in [0.15, 0.2) is 42.5 Å². The van der Waals surface area contributed by atoms with Crippen LogP contribution in [0.3, 0.4) is 0 Å². The van der Waals surface area contributed by atoms with Crippen LogP contribution in [0, 0.1) is 6.92 Å². The summed E-state index contributed by atoms with van der Waals surface area (Å²) >= 11 is 0. The molecule has 0 aromatic heterocycles. The number of amides is 2. The van der Waals surface area contributed by atoms with E-state index in [0.717, 1.165) is 11.1 Å². The van der Waals surface area contributed by atoms with Crippen LogP contribution in [0.2, 0.25) is 0 Å². The summed E-state index contributed by atoms with van der Waals surface area (Å²) in [6, 6.07) is 12.3. The molecule has 168 valence electrons. The number of aryl methyl sites for hydroxylation is 1. The fourth-order valence-corrected chi connectivity index (χ4v) is 3.09. The van der Waals surface area contributed by atoms with Crippen molar-refractivity contribution in [3.05, 3.63) is 53.6 Å². The molecule has 2 rings (SSSR count). The Morgan fingerprint density at radius 1 is 0.968 bits per heavy atom. The molecule has 2 aromatic carbocycles. The molecule has 0 aliphatic carbocycles. The number of nitrogens with one attached hydrogen (secondary N) is 1. The summed E-state index contributed by atoms with van der Waals surface area (Å²) in [5.41, 5.74) is 2.03. The Morgan fingerprint density at radius 3 is 2.13 bits per heavy atom. The van der Waals surface area contributed by atoms with Gasteiger partial charge in [-0.15, -0.1) is 0 Å². The SMILES string of the molecule is COc1cc(OC)cc(OCC(=O)N(Cc2cccc(C)c2)[C@@H](C)C(=O)NC(C)C)c1. The molecule has 1 N–H and O–H groups in total. The van der Waals surface area contributed by atoms with E-state index in [1.54, 1.807) is 39.3 Å². The summed E-state index contributed by atoms with van der Waals surface area (Å²) in [7, 11) is 3.09. The van der Waals surface area contributed by atoms with Gasteiger partial charge in [0.05, 0.1) is 14.2 Å². The van der Waals surface area contributed by atoms with Gasteiger partial charge in [0.2, 0.25) is 5.91 Å². The molecule has 0 fully saturated rings. The largest absolute Gasteiger partial charge is 0.496 e. The molecule has 0 unspecified atom stereocenters. The van der Waals surface area contributed by atoms with Gasteiger partial charge in [0, 0.05) is 30.8 Å². The molecule has 0 saturated heterocycles. The minimum atomic E-state index is -0.654. The first kappa shape index (κ1) is 24.1. The number of nitrogens with zero attached hydrogens (tertiary/aromatic N) is 1. The molecule has 0 aliphatic heterocycles. The topological polar surface area (TPSA) is 77.1 Å². The van der Waals surface area contributed by atoms with Crippen LogP contribution < -0.4 is 19.5 Å². The van der Waals surface area contributed by atoms with Crippen molar-refractivity contribution in [2.75, 3.05) is 20.8 Å². The summed E-state index contributed by atoms with van der Waals surface area (Å²) in [4.78, 5) is 27.3. The van der Waals surface area contributed by atoms with E-state index in [2.05, 4.69) is 5.32 Å². The molecule has 1 atom stereocenters. The lowest BCUT2D eigenvalue weighted by molar-refractivity contribution is -0.142. The quantitative estimate of drug-likeness (QED) is 0.628. The average Bonchev–Trinajstić information content (AvgIpc) is 2.74. The molecule has 0 bridgehead atoms. The molecule has 31 heavy (non-hydrogen) atoms. The van der Waals surface area contributed by atoms with Gasteiger partial charge >= 0.3 is 0 Å². The Hall–Kier alpha value is -3.22. The first-order chi connectivity index (χ1) is 14.7. The van der Waals surface area contributed by atoms with Crippen LogP contribution in [0.1, 0.15) is 31.9 Å². The maximum Gasteiger partial charge on any atom is 0.261 e. The summed E-state index contributed by atoms with van der Waals surface area (Å²) in [6.07, 6.45) is 0. The molecule has 7 nitrogen and oxygen atoms in total. The third kappa shape index (κ3) is 7.20. The van der Waals surface area contributed by atoms with Crippen LogP contribution in [0.4, 0.5) is 0 Å². The monoisotopic (exact) mass is 428 g/mol. The molecule has 7 heteroatoms. The zero-order chi connectivity index (χ0) is 23.0. The van der Waals surface area contributed by atoms with E-state index in [0.29, 0.717) is 23.8 Å². The van der Waals surface area contributed by atoms with Crippen molar-refractivity contribution in [3.8, 4) is 17.2 Å². The van der Waals surface area contributed by atoms with E-state index in [4.69, 9.17) is 14.2 Å². The summed E-state index contributed by atoms with van der Waals surface area (Å²) < 4.78 is 16.2. The van der Waals surface area contributed by atoms with E-state index in [9.17, 15) is 9.59 Å². The van der Waals surface area contributed by atoms with Gasteiger partial charge in [0.1, 0.15) is 23.3 Å². The molecule has 0 heterocycles. The number of carbonyl (C=O) groups excluding carboxylic acids is 2. The van der Waals surface area contributed by atoms with Gasteiger partial charge in [0.15, 0.2) is 6.61 Å². The minimum absolute atomic E-state index is 0.0219. The Labute approximate surface area is 184 Å². The van der Waals surface area contributed by atoms with Crippen LogP contribution in [0.25, 0.3) is 0 Å².